The Hall–Kier alpha value is -1.95. The van der Waals surface area contributed by atoms with Crippen LogP contribution in [0.5, 0.6) is 0 Å². The fourth-order valence-electron chi connectivity index (χ4n) is 2.40. The maximum absolute atomic E-state index is 5.84. The third-order valence-electron chi connectivity index (χ3n) is 3.30. The van der Waals surface area contributed by atoms with Gasteiger partial charge in [0.1, 0.15) is 11.3 Å². The van der Waals surface area contributed by atoms with E-state index in [-0.39, 0.29) is 5.95 Å². The van der Waals surface area contributed by atoms with Gasteiger partial charge in [0.15, 0.2) is 0 Å². The van der Waals surface area contributed by atoms with Crippen molar-refractivity contribution in [1.82, 2.24) is 15.0 Å². The maximum Gasteiger partial charge on any atom is 0.220 e. The fraction of sp³-hybridized carbons (Fsp3) is 0.417. The Labute approximate surface area is 104 Å². The van der Waals surface area contributed by atoms with Gasteiger partial charge in [0.25, 0.3) is 0 Å². The lowest BCUT2D eigenvalue weighted by molar-refractivity contribution is 0.0848. The molecule has 1 aliphatic heterocycles. The predicted molar refractivity (Wildman–Crippen MR) is 69.0 cm³/mol. The summed E-state index contributed by atoms with van der Waals surface area (Å²) in [5.74, 6) is 1.01. The molecule has 2 aromatic heterocycles. The van der Waals surface area contributed by atoms with Crippen molar-refractivity contribution < 1.29 is 4.74 Å². The second-order valence-corrected chi connectivity index (χ2v) is 4.45. The molecule has 1 fully saturated rings. The highest BCUT2D eigenvalue weighted by molar-refractivity contribution is 5.89. The van der Waals surface area contributed by atoms with Gasteiger partial charge in [0.2, 0.25) is 5.95 Å². The van der Waals surface area contributed by atoms with Crippen LogP contribution >= 0.6 is 0 Å². The van der Waals surface area contributed by atoms with Gasteiger partial charge in [-0.15, -0.1) is 0 Å². The van der Waals surface area contributed by atoms with Crippen molar-refractivity contribution in [3.8, 4) is 0 Å². The number of ether oxygens (including phenoxy) is 1. The van der Waals surface area contributed by atoms with Crippen molar-refractivity contribution in [3.05, 3.63) is 18.0 Å². The van der Waals surface area contributed by atoms with Gasteiger partial charge >= 0.3 is 0 Å². The molecule has 0 aliphatic carbocycles. The second kappa shape index (κ2) is 4.38. The molecule has 0 bridgehead atoms. The molecule has 94 valence electrons. The van der Waals surface area contributed by atoms with Crippen molar-refractivity contribution in [3.63, 3.8) is 0 Å². The first-order chi connectivity index (χ1) is 8.75. The largest absolute Gasteiger partial charge is 0.382 e. The maximum atomic E-state index is 5.84. The monoisotopic (exact) mass is 245 g/mol. The van der Waals surface area contributed by atoms with E-state index in [1.54, 1.807) is 6.20 Å². The number of nitrogen functional groups attached to an aromatic ring is 2. The van der Waals surface area contributed by atoms with Crippen molar-refractivity contribution in [2.45, 2.75) is 18.8 Å². The van der Waals surface area contributed by atoms with E-state index in [1.807, 2.05) is 6.07 Å². The van der Waals surface area contributed by atoms with Gasteiger partial charge in [0, 0.05) is 30.7 Å². The Balaban J connectivity index is 2.18. The summed E-state index contributed by atoms with van der Waals surface area (Å²) in [6.45, 7) is 1.52. The first-order valence-electron chi connectivity index (χ1n) is 6.01. The van der Waals surface area contributed by atoms with Crippen molar-refractivity contribution >= 4 is 22.7 Å². The van der Waals surface area contributed by atoms with E-state index in [2.05, 4.69) is 15.0 Å². The standard InChI is InChI=1S/C12H15N5O/c13-11-10-8(1-4-15-11)9(16-12(14)17-10)7-2-5-18-6-3-7/h1,4,7H,2-3,5-6H2,(H2,13,15)(H2,14,16,17). The quantitative estimate of drug-likeness (QED) is 0.779. The number of aromatic nitrogens is 3. The highest BCUT2D eigenvalue weighted by atomic mass is 16.5. The minimum absolute atomic E-state index is 0.253. The molecule has 4 N–H and O–H groups in total. The number of fused-ring (bicyclic) bond motifs is 1. The number of anilines is 2. The second-order valence-electron chi connectivity index (χ2n) is 4.45. The molecule has 0 aromatic carbocycles. The molecule has 0 saturated carbocycles. The van der Waals surface area contributed by atoms with Crippen LogP contribution in [0.2, 0.25) is 0 Å². The molecule has 2 aromatic rings. The average Bonchev–Trinajstić information content (AvgIpc) is 2.40. The molecule has 1 saturated heterocycles. The Morgan fingerprint density at radius 2 is 1.94 bits per heavy atom. The lowest BCUT2D eigenvalue weighted by atomic mass is 9.94. The van der Waals surface area contributed by atoms with Crippen molar-refractivity contribution in [1.29, 1.82) is 0 Å². The number of nitrogens with zero attached hydrogens (tertiary/aromatic N) is 3. The van der Waals surface area contributed by atoms with E-state index >= 15 is 0 Å². The Morgan fingerprint density at radius 1 is 1.17 bits per heavy atom. The van der Waals surface area contributed by atoms with Crippen LogP contribution in [0.3, 0.4) is 0 Å². The minimum atomic E-state index is 0.253. The van der Waals surface area contributed by atoms with Crippen LogP contribution in [0.25, 0.3) is 10.9 Å². The number of hydrogen-bond acceptors (Lipinski definition) is 6. The molecular formula is C12H15N5O. The highest BCUT2D eigenvalue weighted by Crippen LogP contribution is 2.31. The molecule has 18 heavy (non-hydrogen) atoms. The molecule has 1 aliphatic rings. The Morgan fingerprint density at radius 3 is 2.72 bits per heavy atom. The first kappa shape index (κ1) is 11.2. The summed E-state index contributed by atoms with van der Waals surface area (Å²) < 4.78 is 5.38. The number of rotatable bonds is 1. The van der Waals surface area contributed by atoms with E-state index in [0.29, 0.717) is 17.3 Å². The topological polar surface area (TPSA) is 99.9 Å². The summed E-state index contributed by atoms with van der Waals surface area (Å²) in [5, 5.41) is 0.948. The zero-order valence-electron chi connectivity index (χ0n) is 9.97. The molecule has 0 spiro atoms. The van der Waals surface area contributed by atoms with Crippen LogP contribution in [-0.4, -0.2) is 28.2 Å². The lowest BCUT2D eigenvalue weighted by Crippen LogP contribution is -2.16. The molecule has 3 rings (SSSR count). The average molecular weight is 245 g/mol. The summed E-state index contributed by atoms with van der Waals surface area (Å²) in [4.78, 5) is 12.6. The van der Waals surface area contributed by atoms with E-state index < -0.39 is 0 Å². The van der Waals surface area contributed by atoms with Gasteiger partial charge in [-0.25, -0.2) is 15.0 Å². The third kappa shape index (κ3) is 1.84. The summed E-state index contributed by atoms with van der Waals surface area (Å²) in [5.41, 5.74) is 13.2. The van der Waals surface area contributed by atoms with E-state index in [9.17, 15) is 0 Å². The Bertz CT molecular complexity index is 580. The molecule has 0 amide bonds. The summed E-state index contributed by atoms with van der Waals surface area (Å²) >= 11 is 0. The van der Waals surface area contributed by atoms with Crippen LogP contribution in [0.4, 0.5) is 11.8 Å². The van der Waals surface area contributed by atoms with Crippen LogP contribution < -0.4 is 11.5 Å². The van der Waals surface area contributed by atoms with Gasteiger partial charge in [-0.2, -0.15) is 0 Å². The van der Waals surface area contributed by atoms with E-state index in [1.165, 1.54) is 0 Å². The molecule has 0 atom stereocenters. The van der Waals surface area contributed by atoms with Crippen LogP contribution in [0.1, 0.15) is 24.5 Å². The van der Waals surface area contributed by atoms with E-state index in [4.69, 9.17) is 16.2 Å². The minimum Gasteiger partial charge on any atom is -0.382 e. The molecule has 6 heteroatoms. The smallest absolute Gasteiger partial charge is 0.220 e. The number of hydrogen-bond donors (Lipinski definition) is 2. The molecule has 6 nitrogen and oxygen atoms in total. The summed E-state index contributed by atoms with van der Waals surface area (Å²) in [6.07, 6.45) is 3.58. The lowest BCUT2D eigenvalue weighted by Gasteiger charge is -2.22. The molecule has 3 heterocycles. The van der Waals surface area contributed by atoms with Crippen LogP contribution in [0.15, 0.2) is 12.3 Å². The van der Waals surface area contributed by atoms with Crippen LogP contribution in [0, 0.1) is 0 Å². The van der Waals surface area contributed by atoms with Gasteiger partial charge in [0.05, 0.1) is 5.69 Å². The molecule has 0 unspecified atom stereocenters. The van der Waals surface area contributed by atoms with Gasteiger partial charge < -0.3 is 16.2 Å². The van der Waals surface area contributed by atoms with Gasteiger partial charge in [-0.1, -0.05) is 0 Å². The number of pyridine rings is 1. The van der Waals surface area contributed by atoms with Gasteiger partial charge in [-0.3, -0.25) is 0 Å². The fourth-order valence-corrected chi connectivity index (χ4v) is 2.40. The summed E-state index contributed by atoms with van der Waals surface area (Å²) in [6, 6.07) is 1.90. The molecular weight excluding hydrogens is 230 g/mol. The van der Waals surface area contributed by atoms with Crippen LogP contribution in [-0.2, 0) is 4.74 Å². The zero-order valence-corrected chi connectivity index (χ0v) is 9.97. The van der Waals surface area contributed by atoms with Gasteiger partial charge in [-0.05, 0) is 18.9 Å². The SMILES string of the molecule is Nc1nc(C2CCOCC2)c2ccnc(N)c2n1. The van der Waals surface area contributed by atoms with E-state index in [0.717, 1.165) is 37.1 Å². The predicted octanol–water partition coefficient (Wildman–Crippen LogP) is 1.08. The number of nitrogens with two attached hydrogens (primary N) is 2. The molecule has 0 radical (unpaired) electrons. The van der Waals surface area contributed by atoms with Crippen molar-refractivity contribution in [2.24, 2.45) is 0 Å². The first-order valence-corrected chi connectivity index (χ1v) is 6.01. The normalized spacial score (nSPS) is 17.1. The summed E-state index contributed by atoms with van der Waals surface area (Å²) in [7, 11) is 0. The zero-order chi connectivity index (χ0) is 12.5. The highest BCUT2D eigenvalue weighted by Gasteiger charge is 2.21. The Kier molecular flexibility index (Phi) is 2.71. The third-order valence-corrected chi connectivity index (χ3v) is 3.30. The van der Waals surface area contributed by atoms with Crippen molar-refractivity contribution in [2.75, 3.05) is 24.7 Å².